The van der Waals surface area contributed by atoms with Crippen LogP contribution >= 0.6 is 0 Å². The van der Waals surface area contributed by atoms with Gasteiger partial charge in [0.1, 0.15) is 6.61 Å². The lowest BCUT2D eigenvalue weighted by Crippen LogP contribution is -2.48. The average Bonchev–Trinajstić information content (AvgIpc) is 2.21. The van der Waals surface area contributed by atoms with Crippen LogP contribution in [-0.2, 0) is 0 Å². The number of aryl methyl sites for hydroxylation is 2. The minimum Gasteiger partial charge on any atom is -0.485 e. The summed E-state index contributed by atoms with van der Waals surface area (Å²) in [6.45, 7) is 7.06. The molecule has 0 spiro atoms. The maximum Gasteiger partial charge on any atom is 0.162 e. The number of fused-ring (bicyclic) bond motifs is 1. The van der Waals surface area contributed by atoms with Crippen LogP contribution in [-0.4, -0.2) is 18.8 Å². The Morgan fingerprint density at radius 2 is 1.87 bits per heavy atom. The first kappa shape index (κ1) is 10.3. The van der Waals surface area contributed by atoms with Crippen LogP contribution < -0.4 is 15.2 Å². The zero-order valence-electron chi connectivity index (χ0n) is 9.46. The molecule has 1 aliphatic heterocycles. The van der Waals surface area contributed by atoms with Crippen LogP contribution in [0.4, 0.5) is 0 Å². The fourth-order valence-electron chi connectivity index (χ4n) is 1.58. The first-order valence-corrected chi connectivity index (χ1v) is 5.17. The van der Waals surface area contributed by atoms with Gasteiger partial charge in [-0.25, -0.2) is 0 Å². The molecule has 1 aromatic carbocycles. The minimum absolute atomic E-state index is 0.394. The van der Waals surface area contributed by atoms with E-state index in [1.54, 1.807) is 0 Å². The van der Waals surface area contributed by atoms with Crippen LogP contribution in [0.5, 0.6) is 11.5 Å². The van der Waals surface area contributed by atoms with Gasteiger partial charge in [0.05, 0.1) is 0 Å². The van der Waals surface area contributed by atoms with Crippen molar-refractivity contribution in [3.63, 3.8) is 0 Å². The molecule has 2 N–H and O–H groups in total. The standard InChI is InChI=1S/C12H17NO2/c1-8-4-10-11(5-9(8)2)15-12(3,6-13)7-14-10/h4-5H,6-7,13H2,1-3H3/t12-/m0/s1. The van der Waals surface area contributed by atoms with Crippen molar-refractivity contribution in [2.75, 3.05) is 13.2 Å². The molecule has 0 aromatic heterocycles. The fourth-order valence-corrected chi connectivity index (χ4v) is 1.58. The number of hydrogen-bond donors (Lipinski definition) is 1. The number of hydrogen-bond acceptors (Lipinski definition) is 3. The maximum atomic E-state index is 5.85. The molecule has 1 aliphatic rings. The van der Waals surface area contributed by atoms with Gasteiger partial charge in [-0.05, 0) is 44.0 Å². The molecule has 0 bridgehead atoms. The van der Waals surface area contributed by atoms with Crippen LogP contribution in [0.3, 0.4) is 0 Å². The third kappa shape index (κ3) is 1.79. The Bertz CT molecular complexity index is 389. The summed E-state index contributed by atoms with van der Waals surface area (Å²) in [7, 11) is 0. The van der Waals surface area contributed by atoms with Gasteiger partial charge in [-0.1, -0.05) is 0 Å². The number of rotatable bonds is 1. The lowest BCUT2D eigenvalue weighted by molar-refractivity contribution is 0.0133. The van der Waals surface area contributed by atoms with E-state index in [1.165, 1.54) is 11.1 Å². The van der Waals surface area contributed by atoms with Crippen LogP contribution in [0.25, 0.3) is 0 Å². The lowest BCUT2D eigenvalue weighted by atomic mass is 10.0. The second-order valence-electron chi connectivity index (χ2n) is 4.43. The Labute approximate surface area is 90.2 Å². The van der Waals surface area contributed by atoms with E-state index in [9.17, 15) is 0 Å². The molecule has 2 rings (SSSR count). The van der Waals surface area contributed by atoms with Crippen molar-refractivity contribution in [1.82, 2.24) is 0 Å². The summed E-state index contributed by atoms with van der Waals surface area (Å²) in [4.78, 5) is 0. The van der Waals surface area contributed by atoms with Crippen LogP contribution in [0, 0.1) is 13.8 Å². The highest BCUT2D eigenvalue weighted by Crippen LogP contribution is 2.36. The molecule has 0 amide bonds. The van der Waals surface area contributed by atoms with Crippen molar-refractivity contribution in [3.8, 4) is 11.5 Å². The minimum atomic E-state index is -0.394. The van der Waals surface area contributed by atoms with Gasteiger partial charge in [0.15, 0.2) is 17.1 Å². The number of nitrogens with two attached hydrogens (primary N) is 1. The second kappa shape index (κ2) is 3.42. The molecule has 3 heteroatoms. The zero-order chi connectivity index (χ0) is 11.1. The summed E-state index contributed by atoms with van der Waals surface area (Å²) in [6.07, 6.45) is 0. The summed E-state index contributed by atoms with van der Waals surface area (Å²) < 4.78 is 11.5. The lowest BCUT2D eigenvalue weighted by Gasteiger charge is -2.34. The predicted octanol–water partition coefficient (Wildman–Crippen LogP) is 1.79. The normalized spacial score (nSPS) is 24.0. The Kier molecular flexibility index (Phi) is 2.35. The summed E-state index contributed by atoms with van der Waals surface area (Å²) in [5.74, 6) is 1.63. The Hall–Kier alpha value is -1.22. The van der Waals surface area contributed by atoms with Gasteiger partial charge in [-0.2, -0.15) is 0 Å². The van der Waals surface area contributed by atoms with Crippen LogP contribution in [0.15, 0.2) is 12.1 Å². The summed E-state index contributed by atoms with van der Waals surface area (Å²) in [5.41, 5.74) is 7.69. The van der Waals surface area contributed by atoms with Gasteiger partial charge in [0.25, 0.3) is 0 Å². The van der Waals surface area contributed by atoms with Gasteiger partial charge in [0, 0.05) is 6.54 Å². The third-order valence-electron chi connectivity index (χ3n) is 2.88. The van der Waals surface area contributed by atoms with Crippen molar-refractivity contribution in [2.45, 2.75) is 26.4 Å². The Morgan fingerprint density at radius 3 is 2.47 bits per heavy atom. The van der Waals surface area contributed by atoms with E-state index in [-0.39, 0.29) is 0 Å². The van der Waals surface area contributed by atoms with E-state index in [1.807, 2.05) is 19.1 Å². The zero-order valence-corrected chi connectivity index (χ0v) is 9.46. The molecule has 0 saturated heterocycles. The van der Waals surface area contributed by atoms with Gasteiger partial charge in [-0.15, -0.1) is 0 Å². The van der Waals surface area contributed by atoms with Gasteiger partial charge >= 0.3 is 0 Å². The summed E-state index contributed by atoms with van der Waals surface area (Å²) in [6, 6.07) is 4.03. The molecule has 3 nitrogen and oxygen atoms in total. The van der Waals surface area contributed by atoms with E-state index in [4.69, 9.17) is 15.2 Å². The smallest absolute Gasteiger partial charge is 0.162 e. The fraction of sp³-hybridized carbons (Fsp3) is 0.500. The van der Waals surface area contributed by atoms with Crippen LogP contribution in [0.2, 0.25) is 0 Å². The van der Waals surface area contributed by atoms with E-state index in [0.717, 1.165) is 11.5 Å². The molecule has 82 valence electrons. The molecular formula is C12H17NO2. The quantitative estimate of drug-likeness (QED) is 0.763. The van der Waals surface area contributed by atoms with Crippen molar-refractivity contribution in [1.29, 1.82) is 0 Å². The molecule has 1 atom stereocenters. The molecule has 1 aromatic rings. The highest BCUT2D eigenvalue weighted by molar-refractivity contribution is 5.47. The van der Waals surface area contributed by atoms with Crippen molar-refractivity contribution in [3.05, 3.63) is 23.3 Å². The predicted molar refractivity (Wildman–Crippen MR) is 59.5 cm³/mol. The highest BCUT2D eigenvalue weighted by Gasteiger charge is 2.31. The van der Waals surface area contributed by atoms with E-state index in [2.05, 4.69) is 13.8 Å². The van der Waals surface area contributed by atoms with E-state index in [0.29, 0.717) is 13.2 Å². The summed E-state index contributed by atoms with van der Waals surface area (Å²) >= 11 is 0. The largest absolute Gasteiger partial charge is 0.485 e. The van der Waals surface area contributed by atoms with Gasteiger partial charge in [0.2, 0.25) is 0 Å². The molecule has 0 aliphatic carbocycles. The Morgan fingerprint density at radius 1 is 1.27 bits per heavy atom. The Balaban J connectivity index is 2.38. The highest BCUT2D eigenvalue weighted by atomic mass is 16.6. The summed E-state index contributed by atoms with van der Waals surface area (Å²) in [5, 5.41) is 0. The molecule has 15 heavy (non-hydrogen) atoms. The van der Waals surface area contributed by atoms with Crippen molar-refractivity contribution >= 4 is 0 Å². The van der Waals surface area contributed by atoms with E-state index < -0.39 is 5.60 Å². The molecule has 0 unspecified atom stereocenters. The third-order valence-corrected chi connectivity index (χ3v) is 2.88. The topological polar surface area (TPSA) is 44.5 Å². The first-order valence-electron chi connectivity index (χ1n) is 5.17. The molecule has 0 saturated carbocycles. The molecule has 1 heterocycles. The number of benzene rings is 1. The SMILES string of the molecule is Cc1cc2c(cc1C)O[C@@](C)(CN)CO2. The number of ether oxygens (including phenoxy) is 2. The average molecular weight is 207 g/mol. The van der Waals surface area contributed by atoms with Crippen LogP contribution in [0.1, 0.15) is 18.1 Å². The van der Waals surface area contributed by atoms with Gasteiger partial charge < -0.3 is 15.2 Å². The molecule has 0 radical (unpaired) electrons. The second-order valence-corrected chi connectivity index (χ2v) is 4.43. The monoisotopic (exact) mass is 207 g/mol. The molecule has 0 fully saturated rings. The van der Waals surface area contributed by atoms with E-state index >= 15 is 0 Å². The van der Waals surface area contributed by atoms with Crippen molar-refractivity contribution < 1.29 is 9.47 Å². The van der Waals surface area contributed by atoms with Crippen molar-refractivity contribution in [2.24, 2.45) is 5.73 Å². The molecular weight excluding hydrogens is 190 g/mol. The maximum absolute atomic E-state index is 5.85. The first-order chi connectivity index (χ1) is 7.04. The van der Waals surface area contributed by atoms with Gasteiger partial charge in [-0.3, -0.25) is 0 Å².